The van der Waals surface area contributed by atoms with Crippen molar-refractivity contribution in [2.45, 2.75) is 19.4 Å². The summed E-state index contributed by atoms with van der Waals surface area (Å²) in [5, 5.41) is 5.20. The van der Waals surface area contributed by atoms with E-state index >= 15 is 0 Å². The van der Waals surface area contributed by atoms with Crippen LogP contribution in [0.4, 0.5) is 20.2 Å². The van der Waals surface area contributed by atoms with Crippen molar-refractivity contribution in [2.75, 3.05) is 10.6 Å². The van der Waals surface area contributed by atoms with Gasteiger partial charge in [-0.25, -0.2) is 8.78 Å². The summed E-state index contributed by atoms with van der Waals surface area (Å²) in [6.07, 6.45) is 0.559. The van der Waals surface area contributed by atoms with Gasteiger partial charge in [-0.2, -0.15) is 0 Å². The van der Waals surface area contributed by atoms with Crippen LogP contribution in [0.2, 0.25) is 0 Å². The molecule has 2 N–H and O–H groups in total. The summed E-state index contributed by atoms with van der Waals surface area (Å²) in [7, 11) is 0. The molecular formula is C10H10F2N2O. The first-order chi connectivity index (χ1) is 7.11. The number of hydrogen-bond donors (Lipinski definition) is 2. The van der Waals surface area contributed by atoms with Gasteiger partial charge in [0.15, 0.2) is 5.82 Å². The summed E-state index contributed by atoms with van der Waals surface area (Å²) < 4.78 is 26.1. The molecule has 0 aliphatic carbocycles. The summed E-state index contributed by atoms with van der Waals surface area (Å²) in [5.41, 5.74) is 0.310. The Balaban J connectivity index is 2.45. The van der Waals surface area contributed by atoms with Crippen LogP contribution >= 0.6 is 0 Å². The average Bonchev–Trinajstić information content (AvgIpc) is 2.18. The van der Waals surface area contributed by atoms with Gasteiger partial charge in [-0.05, 0) is 12.5 Å². The molecule has 1 heterocycles. The number of halogens is 2. The molecule has 0 radical (unpaired) electrons. The van der Waals surface area contributed by atoms with Crippen molar-refractivity contribution >= 4 is 17.3 Å². The van der Waals surface area contributed by atoms with Crippen LogP contribution in [-0.2, 0) is 4.79 Å². The van der Waals surface area contributed by atoms with Crippen molar-refractivity contribution < 1.29 is 13.6 Å². The van der Waals surface area contributed by atoms with Crippen molar-refractivity contribution in [1.82, 2.24) is 0 Å². The monoisotopic (exact) mass is 212 g/mol. The molecular weight excluding hydrogens is 202 g/mol. The summed E-state index contributed by atoms with van der Waals surface area (Å²) >= 11 is 0. The molecule has 80 valence electrons. The van der Waals surface area contributed by atoms with E-state index in [1.807, 2.05) is 6.92 Å². The molecule has 1 amide bonds. The number of fused-ring (bicyclic) bond motifs is 1. The fourth-order valence-corrected chi connectivity index (χ4v) is 1.57. The maximum atomic E-state index is 13.2. The number of anilines is 2. The van der Waals surface area contributed by atoms with Gasteiger partial charge in [0.1, 0.15) is 17.5 Å². The van der Waals surface area contributed by atoms with Crippen LogP contribution in [0.5, 0.6) is 0 Å². The Morgan fingerprint density at radius 2 is 2.13 bits per heavy atom. The van der Waals surface area contributed by atoms with Crippen molar-refractivity contribution in [1.29, 1.82) is 0 Å². The van der Waals surface area contributed by atoms with Gasteiger partial charge in [0.05, 0.1) is 5.69 Å². The Morgan fingerprint density at radius 3 is 2.80 bits per heavy atom. The molecule has 1 atom stereocenters. The zero-order valence-electron chi connectivity index (χ0n) is 8.10. The Kier molecular flexibility index (Phi) is 2.30. The van der Waals surface area contributed by atoms with Crippen LogP contribution in [0.3, 0.4) is 0 Å². The van der Waals surface area contributed by atoms with Gasteiger partial charge in [0, 0.05) is 6.07 Å². The number of carbonyl (C=O) groups is 1. The first-order valence-corrected chi connectivity index (χ1v) is 4.68. The smallest absolute Gasteiger partial charge is 0.246 e. The highest BCUT2D eigenvalue weighted by molar-refractivity contribution is 6.03. The Hall–Kier alpha value is -1.65. The van der Waals surface area contributed by atoms with Gasteiger partial charge < -0.3 is 10.6 Å². The maximum absolute atomic E-state index is 13.2. The lowest BCUT2D eigenvalue weighted by Crippen LogP contribution is -2.38. The molecule has 0 saturated carbocycles. The van der Waals surface area contributed by atoms with Crippen LogP contribution in [0.1, 0.15) is 13.3 Å². The van der Waals surface area contributed by atoms with Crippen molar-refractivity contribution in [3.8, 4) is 0 Å². The molecule has 3 nitrogen and oxygen atoms in total. The van der Waals surface area contributed by atoms with Gasteiger partial charge in [-0.1, -0.05) is 6.92 Å². The van der Waals surface area contributed by atoms with Crippen LogP contribution in [0, 0.1) is 11.6 Å². The zero-order valence-corrected chi connectivity index (χ0v) is 8.10. The third kappa shape index (κ3) is 1.65. The van der Waals surface area contributed by atoms with E-state index in [0.717, 1.165) is 6.07 Å². The first kappa shape index (κ1) is 9.89. The molecule has 0 saturated heterocycles. The van der Waals surface area contributed by atoms with Crippen LogP contribution < -0.4 is 10.6 Å². The fraction of sp³-hybridized carbons (Fsp3) is 0.300. The van der Waals surface area contributed by atoms with E-state index in [1.54, 1.807) is 0 Å². The highest BCUT2D eigenvalue weighted by Crippen LogP contribution is 2.30. The summed E-state index contributed by atoms with van der Waals surface area (Å²) in [6, 6.07) is 1.48. The van der Waals surface area contributed by atoms with Crippen LogP contribution in [0.15, 0.2) is 12.1 Å². The van der Waals surface area contributed by atoms with Crippen molar-refractivity contribution in [2.24, 2.45) is 0 Å². The lowest BCUT2D eigenvalue weighted by atomic mass is 10.1. The minimum atomic E-state index is -0.764. The van der Waals surface area contributed by atoms with Gasteiger partial charge in [-0.15, -0.1) is 0 Å². The van der Waals surface area contributed by atoms with E-state index in [9.17, 15) is 13.6 Å². The topological polar surface area (TPSA) is 41.1 Å². The molecule has 0 fully saturated rings. The second kappa shape index (κ2) is 3.49. The molecule has 0 aromatic heterocycles. The third-order valence-corrected chi connectivity index (χ3v) is 2.36. The summed E-state index contributed by atoms with van der Waals surface area (Å²) in [6.45, 7) is 1.82. The number of benzene rings is 1. The zero-order chi connectivity index (χ0) is 11.0. The molecule has 0 spiro atoms. The SMILES string of the molecule is CCC1Nc2cc(F)cc(F)c2NC1=O. The molecule has 2 rings (SSSR count). The van der Waals surface area contributed by atoms with E-state index in [1.165, 1.54) is 6.07 Å². The molecule has 5 heteroatoms. The van der Waals surface area contributed by atoms with E-state index in [2.05, 4.69) is 10.6 Å². The first-order valence-electron chi connectivity index (χ1n) is 4.68. The maximum Gasteiger partial charge on any atom is 0.246 e. The number of amides is 1. The highest BCUT2D eigenvalue weighted by atomic mass is 19.1. The minimum absolute atomic E-state index is 0.0195. The summed E-state index contributed by atoms with van der Waals surface area (Å²) in [5.74, 6) is -1.72. The Morgan fingerprint density at radius 1 is 1.40 bits per heavy atom. The van der Waals surface area contributed by atoms with E-state index in [-0.39, 0.29) is 11.6 Å². The minimum Gasteiger partial charge on any atom is -0.372 e. The lowest BCUT2D eigenvalue weighted by molar-refractivity contribution is -0.117. The molecule has 1 aliphatic rings. The highest BCUT2D eigenvalue weighted by Gasteiger charge is 2.26. The quantitative estimate of drug-likeness (QED) is 0.748. The summed E-state index contributed by atoms with van der Waals surface area (Å²) in [4.78, 5) is 11.4. The second-order valence-corrected chi connectivity index (χ2v) is 3.40. The molecule has 1 aliphatic heterocycles. The van der Waals surface area contributed by atoms with Crippen LogP contribution in [0.25, 0.3) is 0 Å². The van der Waals surface area contributed by atoms with Gasteiger partial charge >= 0.3 is 0 Å². The standard InChI is InChI=1S/C10H10F2N2O/c1-2-7-10(15)14-9-6(12)3-5(11)4-8(9)13-7/h3-4,7,13H,2H2,1H3,(H,14,15). The van der Waals surface area contributed by atoms with Crippen LogP contribution in [-0.4, -0.2) is 11.9 Å². The van der Waals surface area contributed by atoms with Gasteiger partial charge in [0.25, 0.3) is 0 Å². The number of carbonyl (C=O) groups excluding carboxylic acids is 1. The second-order valence-electron chi connectivity index (χ2n) is 3.40. The molecule has 15 heavy (non-hydrogen) atoms. The van der Waals surface area contributed by atoms with Crippen molar-refractivity contribution in [3.63, 3.8) is 0 Å². The van der Waals surface area contributed by atoms with E-state index in [0.29, 0.717) is 12.1 Å². The van der Waals surface area contributed by atoms with E-state index in [4.69, 9.17) is 0 Å². The number of rotatable bonds is 1. The fourth-order valence-electron chi connectivity index (χ4n) is 1.57. The normalized spacial score (nSPS) is 19.1. The Labute approximate surface area is 85.5 Å². The largest absolute Gasteiger partial charge is 0.372 e. The predicted octanol–water partition coefficient (Wildman–Crippen LogP) is 2.11. The number of hydrogen-bond acceptors (Lipinski definition) is 2. The van der Waals surface area contributed by atoms with Gasteiger partial charge in [0.2, 0.25) is 5.91 Å². The predicted molar refractivity (Wildman–Crippen MR) is 52.7 cm³/mol. The van der Waals surface area contributed by atoms with Crippen molar-refractivity contribution in [3.05, 3.63) is 23.8 Å². The molecule has 0 bridgehead atoms. The van der Waals surface area contributed by atoms with E-state index < -0.39 is 17.7 Å². The molecule has 1 unspecified atom stereocenters. The average molecular weight is 212 g/mol. The third-order valence-electron chi connectivity index (χ3n) is 2.36. The molecule has 1 aromatic rings. The van der Waals surface area contributed by atoms with Gasteiger partial charge in [-0.3, -0.25) is 4.79 Å². The molecule has 1 aromatic carbocycles. The lowest BCUT2D eigenvalue weighted by Gasteiger charge is -2.26. The number of nitrogens with one attached hydrogen (secondary N) is 2. The Bertz CT molecular complexity index is 420.